The van der Waals surface area contributed by atoms with Crippen LogP contribution in [0.25, 0.3) is 0 Å². The highest BCUT2D eigenvalue weighted by Gasteiger charge is 2.26. The number of carbonyl (C=O) groups excluding carboxylic acids is 1. The molecule has 16 heavy (non-hydrogen) atoms. The molecule has 1 atom stereocenters. The van der Waals surface area contributed by atoms with E-state index in [1.807, 2.05) is 31.7 Å². The Labute approximate surface area is 98.5 Å². The minimum Gasteiger partial charge on any atom is -0.376 e. The summed E-state index contributed by atoms with van der Waals surface area (Å²) in [7, 11) is 0. The first-order chi connectivity index (χ1) is 7.42. The van der Waals surface area contributed by atoms with Crippen molar-refractivity contribution in [2.45, 2.75) is 39.2 Å². The standard InChI is InChI=1S/C13H23NO2/c1-5-11-9-12(15)14(10-11)7-6-8-16-13(2,3)4/h5,11H,1,6-10H2,2-4H3. The average molecular weight is 225 g/mol. The summed E-state index contributed by atoms with van der Waals surface area (Å²) in [6.07, 6.45) is 3.42. The van der Waals surface area contributed by atoms with Crippen LogP contribution < -0.4 is 0 Å². The fraction of sp³-hybridized carbons (Fsp3) is 0.769. The molecular formula is C13H23NO2. The van der Waals surface area contributed by atoms with Gasteiger partial charge in [0.2, 0.25) is 5.91 Å². The first-order valence-corrected chi connectivity index (χ1v) is 5.96. The van der Waals surface area contributed by atoms with Gasteiger partial charge in [0, 0.05) is 32.0 Å². The Bertz CT molecular complexity index is 255. The van der Waals surface area contributed by atoms with Crippen LogP contribution in [0.1, 0.15) is 33.6 Å². The Morgan fingerprint density at radius 3 is 2.75 bits per heavy atom. The molecule has 3 heteroatoms. The molecule has 1 aliphatic heterocycles. The van der Waals surface area contributed by atoms with Gasteiger partial charge in [-0.2, -0.15) is 0 Å². The molecular weight excluding hydrogens is 202 g/mol. The fourth-order valence-corrected chi connectivity index (χ4v) is 1.81. The zero-order valence-electron chi connectivity index (χ0n) is 10.7. The van der Waals surface area contributed by atoms with E-state index >= 15 is 0 Å². The summed E-state index contributed by atoms with van der Waals surface area (Å²) < 4.78 is 5.62. The summed E-state index contributed by atoms with van der Waals surface area (Å²) in [4.78, 5) is 13.5. The number of likely N-dealkylation sites (tertiary alicyclic amines) is 1. The van der Waals surface area contributed by atoms with E-state index in [1.165, 1.54) is 0 Å². The Balaban J connectivity index is 2.19. The van der Waals surface area contributed by atoms with Crippen LogP contribution in [0.4, 0.5) is 0 Å². The summed E-state index contributed by atoms with van der Waals surface area (Å²) in [6.45, 7) is 12.2. The first-order valence-electron chi connectivity index (χ1n) is 5.96. The molecule has 0 saturated carbocycles. The molecule has 1 fully saturated rings. The first kappa shape index (κ1) is 13.2. The largest absolute Gasteiger partial charge is 0.376 e. The van der Waals surface area contributed by atoms with Crippen molar-refractivity contribution in [2.75, 3.05) is 19.7 Å². The number of hydrogen-bond acceptors (Lipinski definition) is 2. The highest BCUT2D eigenvalue weighted by Crippen LogP contribution is 2.18. The number of carbonyl (C=O) groups is 1. The van der Waals surface area contributed by atoms with Gasteiger partial charge in [-0.3, -0.25) is 4.79 Å². The highest BCUT2D eigenvalue weighted by molar-refractivity contribution is 5.78. The van der Waals surface area contributed by atoms with E-state index in [1.54, 1.807) is 0 Å². The van der Waals surface area contributed by atoms with Crippen molar-refractivity contribution in [1.29, 1.82) is 0 Å². The van der Waals surface area contributed by atoms with Crippen molar-refractivity contribution >= 4 is 5.91 Å². The van der Waals surface area contributed by atoms with E-state index in [9.17, 15) is 4.79 Å². The Kier molecular flexibility index (Phi) is 4.54. The lowest BCUT2D eigenvalue weighted by Crippen LogP contribution is -2.28. The third-order valence-electron chi connectivity index (χ3n) is 2.69. The zero-order valence-corrected chi connectivity index (χ0v) is 10.7. The number of nitrogens with zero attached hydrogens (tertiary/aromatic N) is 1. The van der Waals surface area contributed by atoms with E-state index in [0.717, 1.165) is 19.5 Å². The Hall–Kier alpha value is -0.830. The summed E-state index contributed by atoms with van der Waals surface area (Å²) in [5, 5.41) is 0. The van der Waals surface area contributed by atoms with Gasteiger partial charge < -0.3 is 9.64 Å². The molecule has 0 aromatic rings. The van der Waals surface area contributed by atoms with Crippen LogP contribution in [0, 0.1) is 5.92 Å². The molecule has 92 valence electrons. The summed E-state index contributed by atoms with van der Waals surface area (Å²) in [5.74, 6) is 0.594. The molecule has 0 radical (unpaired) electrons. The Morgan fingerprint density at radius 1 is 1.56 bits per heavy atom. The van der Waals surface area contributed by atoms with Gasteiger partial charge in [-0.05, 0) is 27.2 Å². The van der Waals surface area contributed by atoms with E-state index in [0.29, 0.717) is 18.9 Å². The van der Waals surface area contributed by atoms with Crippen molar-refractivity contribution in [1.82, 2.24) is 4.90 Å². The minimum atomic E-state index is -0.0847. The van der Waals surface area contributed by atoms with Crippen LogP contribution in [0.3, 0.4) is 0 Å². The third-order valence-corrected chi connectivity index (χ3v) is 2.69. The summed E-state index contributed by atoms with van der Waals surface area (Å²) >= 11 is 0. The molecule has 0 N–H and O–H groups in total. The van der Waals surface area contributed by atoms with Gasteiger partial charge in [0.05, 0.1) is 5.60 Å². The molecule has 0 spiro atoms. The second-order valence-corrected chi connectivity index (χ2v) is 5.35. The quantitative estimate of drug-likeness (QED) is 0.530. The van der Waals surface area contributed by atoms with Crippen molar-refractivity contribution < 1.29 is 9.53 Å². The van der Waals surface area contributed by atoms with Gasteiger partial charge in [0.25, 0.3) is 0 Å². The molecule has 1 unspecified atom stereocenters. The molecule has 1 rings (SSSR count). The lowest BCUT2D eigenvalue weighted by atomic mass is 10.1. The van der Waals surface area contributed by atoms with Gasteiger partial charge in [0.1, 0.15) is 0 Å². The van der Waals surface area contributed by atoms with Crippen molar-refractivity contribution in [3.8, 4) is 0 Å². The second kappa shape index (κ2) is 5.48. The number of ether oxygens (including phenoxy) is 1. The highest BCUT2D eigenvalue weighted by atomic mass is 16.5. The van der Waals surface area contributed by atoms with Crippen LogP contribution in [0.5, 0.6) is 0 Å². The van der Waals surface area contributed by atoms with Gasteiger partial charge in [0.15, 0.2) is 0 Å². The lowest BCUT2D eigenvalue weighted by molar-refractivity contribution is -0.128. The molecule has 0 aromatic carbocycles. The van der Waals surface area contributed by atoms with Crippen molar-refractivity contribution in [3.63, 3.8) is 0 Å². The smallest absolute Gasteiger partial charge is 0.223 e. The third kappa shape index (κ3) is 4.35. The van der Waals surface area contributed by atoms with Gasteiger partial charge in [-0.25, -0.2) is 0 Å². The normalized spacial score (nSPS) is 21.6. The van der Waals surface area contributed by atoms with E-state index in [-0.39, 0.29) is 11.5 Å². The molecule has 0 bridgehead atoms. The Morgan fingerprint density at radius 2 is 2.25 bits per heavy atom. The predicted octanol–water partition coefficient (Wildman–Crippen LogP) is 2.23. The van der Waals surface area contributed by atoms with Gasteiger partial charge in [-0.1, -0.05) is 6.08 Å². The topological polar surface area (TPSA) is 29.5 Å². The second-order valence-electron chi connectivity index (χ2n) is 5.35. The molecule has 0 aromatic heterocycles. The van der Waals surface area contributed by atoms with Gasteiger partial charge in [-0.15, -0.1) is 6.58 Å². The molecule has 1 heterocycles. The molecule has 1 aliphatic rings. The molecule has 3 nitrogen and oxygen atoms in total. The monoisotopic (exact) mass is 225 g/mol. The number of hydrogen-bond donors (Lipinski definition) is 0. The van der Waals surface area contributed by atoms with E-state index < -0.39 is 0 Å². The van der Waals surface area contributed by atoms with E-state index in [4.69, 9.17) is 4.74 Å². The van der Waals surface area contributed by atoms with Crippen LogP contribution in [-0.4, -0.2) is 36.1 Å². The molecule has 0 aliphatic carbocycles. The zero-order chi connectivity index (χ0) is 12.2. The fourth-order valence-electron chi connectivity index (χ4n) is 1.81. The predicted molar refractivity (Wildman–Crippen MR) is 65.2 cm³/mol. The average Bonchev–Trinajstić information content (AvgIpc) is 2.53. The number of amides is 1. The van der Waals surface area contributed by atoms with Crippen molar-refractivity contribution in [2.24, 2.45) is 5.92 Å². The lowest BCUT2D eigenvalue weighted by Gasteiger charge is -2.21. The van der Waals surface area contributed by atoms with Gasteiger partial charge >= 0.3 is 0 Å². The van der Waals surface area contributed by atoms with Crippen LogP contribution in [-0.2, 0) is 9.53 Å². The molecule has 1 amide bonds. The van der Waals surface area contributed by atoms with Crippen LogP contribution >= 0.6 is 0 Å². The molecule has 1 saturated heterocycles. The number of rotatable bonds is 5. The van der Waals surface area contributed by atoms with Crippen LogP contribution in [0.2, 0.25) is 0 Å². The maximum absolute atomic E-state index is 11.6. The summed E-state index contributed by atoms with van der Waals surface area (Å²) in [6, 6.07) is 0. The maximum Gasteiger partial charge on any atom is 0.223 e. The van der Waals surface area contributed by atoms with Crippen LogP contribution in [0.15, 0.2) is 12.7 Å². The van der Waals surface area contributed by atoms with E-state index in [2.05, 4.69) is 6.58 Å². The minimum absolute atomic E-state index is 0.0847. The summed E-state index contributed by atoms with van der Waals surface area (Å²) in [5.41, 5.74) is -0.0847. The van der Waals surface area contributed by atoms with Crippen molar-refractivity contribution in [3.05, 3.63) is 12.7 Å². The SMILES string of the molecule is C=CC1CC(=O)N(CCCOC(C)(C)C)C1. The maximum atomic E-state index is 11.6.